The summed E-state index contributed by atoms with van der Waals surface area (Å²) in [6.45, 7) is 4.52. The molecule has 3 unspecified atom stereocenters. The fourth-order valence-electron chi connectivity index (χ4n) is 9.07. The zero-order chi connectivity index (χ0) is 37.1. The zero-order valence-electron chi connectivity index (χ0n) is 30.7. The summed E-state index contributed by atoms with van der Waals surface area (Å²) >= 11 is 0. The molecule has 1 aliphatic carbocycles. The Morgan fingerprint density at radius 1 is 0.600 bits per heavy atom. The highest BCUT2D eigenvalue weighted by Gasteiger charge is 2.47. The third-order valence-electron chi connectivity index (χ3n) is 11.8. The van der Waals surface area contributed by atoms with Gasteiger partial charge in [-0.3, -0.25) is 4.99 Å². The Hall–Kier alpha value is -6.83. The van der Waals surface area contributed by atoms with Crippen LogP contribution in [-0.4, -0.2) is 11.5 Å². The van der Waals surface area contributed by atoms with Crippen LogP contribution in [0.4, 0.5) is 0 Å². The summed E-state index contributed by atoms with van der Waals surface area (Å²) in [5, 5.41) is 9.79. The van der Waals surface area contributed by atoms with Crippen molar-refractivity contribution in [3.8, 4) is 50.9 Å². The van der Waals surface area contributed by atoms with Gasteiger partial charge in [-0.2, -0.15) is 5.26 Å². The normalized spacial score (nSPS) is 18.9. The van der Waals surface area contributed by atoms with E-state index in [1.54, 1.807) is 0 Å². The van der Waals surface area contributed by atoms with Crippen molar-refractivity contribution in [2.45, 2.75) is 31.7 Å². The quantitative estimate of drug-likeness (QED) is 0.173. The lowest BCUT2D eigenvalue weighted by atomic mass is 9.72. The van der Waals surface area contributed by atoms with Crippen LogP contribution in [0.3, 0.4) is 0 Å². The van der Waals surface area contributed by atoms with E-state index in [2.05, 4.69) is 159 Å². The molecule has 3 aliphatic rings. The van der Waals surface area contributed by atoms with Gasteiger partial charge in [-0.05, 0) is 106 Å². The third-order valence-corrected chi connectivity index (χ3v) is 11.8. The molecule has 0 saturated heterocycles. The van der Waals surface area contributed by atoms with E-state index in [9.17, 15) is 5.26 Å². The molecule has 3 atom stereocenters. The summed E-state index contributed by atoms with van der Waals surface area (Å²) < 4.78 is 6.46. The molecule has 0 radical (unpaired) electrons. The highest BCUT2D eigenvalue weighted by molar-refractivity contribution is 6.15. The smallest absolute Gasteiger partial charge is 0.155 e. The van der Waals surface area contributed by atoms with Gasteiger partial charge in [0.15, 0.2) is 5.84 Å². The summed E-state index contributed by atoms with van der Waals surface area (Å²) in [5.74, 6) is 2.54. The number of ether oxygens (including phenoxy) is 1. The van der Waals surface area contributed by atoms with Gasteiger partial charge in [0.05, 0.1) is 28.8 Å². The Balaban J connectivity index is 1.08. The first kappa shape index (κ1) is 32.8. The highest BCUT2D eigenvalue weighted by Crippen LogP contribution is 2.61. The summed E-state index contributed by atoms with van der Waals surface area (Å²) in [7, 11) is 0. The Bertz CT molecular complexity index is 2760. The first-order valence-corrected chi connectivity index (χ1v) is 19.0. The Kier molecular flexibility index (Phi) is 7.71. The average Bonchev–Trinajstić information content (AvgIpc) is 3.52. The minimum atomic E-state index is -0.437. The minimum Gasteiger partial charge on any atom is -0.457 e. The first-order chi connectivity index (χ1) is 27.0. The summed E-state index contributed by atoms with van der Waals surface area (Å²) in [6, 6.07) is 59.8. The van der Waals surface area contributed by atoms with Crippen LogP contribution in [0, 0.1) is 17.2 Å². The Morgan fingerprint density at radius 3 is 2.05 bits per heavy atom. The van der Waals surface area contributed by atoms with E-state index in [-0.39, 0.29) is 12.0 Å². The molecular weight excluding hydrogens is 671 g/mol. The molecule has 4 heteroatoms. The minimum absolute atomic E-state index is 0.0674. The molecule has 0 aromatic heterocycles. The van der Waals surface area contributed by atoms with Gasteiger partial charge in [0.2, 0.25) is 0 Å². The van der Waals surface area contributed by atoms with Gasteiger partial charge in [0, 0.05) is 22.6 Å². The van der Waals surface area contributed by atoms with Gasteiger partial charge in [-0.1, -0.05) is 128 Å². The molecule has 262 valence electrons. The predicted molar refractivity (Wildman–Crippen MR) is 222 cm³/mol. The number of nitriles is 1. The maximum Gasteiger partial charge on any atom is 0.155 e. The largest absolute Gasteiger partial charge is 0.457 e. The number of hydrogen-bond acceptors (Lipinski definition) is 4. The second kappa shape index (κ2) is 12.9. The zero-order valence-corrected chi connectivity index (χ0v) is 30.7. The summed E-state index contributed by atoms with van der Waals surface area (Å²) in [4.78, 5) is 10.8. The summed E-state index contributed by atoms with van der Waals surface area (Å²) in [6.07, 6.45) is 0.900. The van der Waals surface area contributed by atoms with Crippen molar-refractivity contribution in [1.82, 2.24) is 0 Å². The van der Waals surface area contributed by atoms with Gasteiger partial charge in [-0.25, -0.2) is 4.99 Å². The number of rotatable bonds is 6. The standard InChI is InChI=1S/C51H37N3O/c1-3-40-48(34-15-8-5-9-16-34)53-50(39-20-11-17-35(29-39)33-13-6-4-7-14-33)54-49(40)38-19-10-18-36(28-38)37-24-25-43-42(30-37)41-21-12-22-46-47(41)51(43,2)44-27-32(31-52)23-26-45(44)55-46/h4-30,40,48H,3H2,1-2H3. The molecule has 0 saturated carbocycles. The molecule has 0 amide bonds. The number of aliphatic imine (C=N–C) groups is 2. The Labute approximate surface area is 321 Å². The molecule has 7 aromatic rings. The van der Waals surface area contributed by atoms with Crippen LogP contribution in [0.15, 0.2) is 174 Å². The van der Waals surface area contributed by atoms with E-state index in [0.717, 1.165) is 68.4 Å². The number of nitrogens with zero attached hydrogens (tertiary/aromatic N) is 3. The van der Waals surface area contributed by atoms with Gasteiger partial charge in [0.1, 0.15) is 11.5 Å². The van der Waals surface area contributed by atoms with E-state index in [4.69, 9.17) is 14.7 Å². The molecule has 0 N–H and O–H groups in total. The Morgan fingerprint density at radius 2 is 1.27 bits per heavy atom. The van der Waals surface area contributed by atoms with Crippen LogP contribution >= 0.6 is 0 Å². The topological polar surface area (TPSA) is 57.7 Å². The van der Waals surface area contributed by atoms with Crippen LogP contribution in [0.1, 0.15) is 65.3 Å². The first-order valence-electron chi connectivity index (χ1n) is 19.0. The highest BCUT2D eigenvalue weighted by atomic mass is 16.5. The molecule has 10 rings (SSSR count). The predicted octanol–water partition coefficient (Wildman–Crippen LogP) is 12.3. The number of amidine groups is 1. The lowest BCUT2D eigenvalue weighted by Gasteiger charge is -2.35. The summed E-state index contributed by atoms with van der Waals surface area (Å²) in [5.41, 5.74) is 14.9. The van der Waals surface area contributed by atoms with Crippen LogP contribution in [-0.2, 0) is 5.41 Å². The van der Waals surface area contributed by atoms with Crippen LogP contribution in [0.5, 0.6) is 11.5 Å². The van der Waals surface area contributed by atoms with Crippen molar-refractivity contribution in [3.05, 3.63) is 203 Å². The van der Waals surface area contributed by atoms with Crippen LogP contribution in [0.25, 0.3) is 33.4 Å². The lowest BCUT2D eigenvalue weighted by molar-refractivity contribution is 0.431. The molecule has 55 heavy (non-hydrogen) atoms. The van der Waals surface area contributed by atoms with Crippen molar-refractivity contribution in [2.24, 2.45) is 15.9 Å². The SMILES string of the molecule is CCC1C(c2cccc(-c3ccc4c(c3)-c3cccc5c3C4(C)c3cc(C#N)ccc3O5)c2)=NC(c2cccc(-c3ccccc3)c2)=NC1c1ccccc1. The maximum atomic E-state index is 9.79. The molecule has 0 fully saturated rings. The average molecular weight is 708 g/mol. The van der Waals surface area contributed by atoms with E-state index >= 15 is 0 Å². The molecule has 7 aromatic carbocycles. The van der Waals surface area contributed by atoms with E-state index in [1.165, 1.54) is 27.8 Å². The van der Waals surface area contributed by atoms with E-state index in [0.29, 0.717) is 5.56 Å². The molecule has 2 aliphatic heterocycles. The monoisotopic (exact) mass is 707 g/mol. The van der Waals surface area contributed by atoms with Gasteiger partial charge >= 0.3 is 0 Å². The molecule has 0 spiro atoms. The number of fused-ring (bicyclic) bond motifs is 5. The van der Waals surface area contributed by atoms with E-state index < -0.39 is 5.41 Å². The fourth-order valence-corrected chi connectivity index (χ4v) is 9.07. The van der Waals surface area contributed by atoms with Crippen molar-refractivity contribution in [1.29, 1.82) is 5.26 Å². The van der Waals surface area contributed by atoms with Crippen LogP contribution in [0.2, 0.25) is 0 Å². The lowest BCUT2D eigenvalue weighted by Crippen LogP contribution is -2.28. The second-order valence-corrected chi connectivity index (χ2v) is 14.8. The molecule has 0 bridgehead atoms. The van der Waals surface area contributed by atoms with Crippen LogP contribution < -0.4 is 4.74 Å². The second-order valence-electron chi connectivity index (χ2n) is 14.8. The fraction of sp³-hybridized carbons (Fsp3) is 0.118. The van der Waals surface area contributed by atoms with E-state index in [1.807, 2.05) is 24.3 Å². The van der Waals surface area contributed by atoms with Gasteiger partial charge in [0.25, 0.3) is 0 Å². The van der Waals surface area contributed by atoms with Gasteiger partial charge in [-0.15, -0.1) is 0 Å². The number of hydrogen-bond donors (Lipinski definition) is 0. The molecule has 2 heterocycles. The van der Waals surface area contributed by atoms with Crippen molar-refractivity contribution >= 4 is 11.5 Å². The molecule has 4 nitrogen and oxygen atoms in total. The van der Waals surface area contributed by atoms with Crippen molar-refractivity contribution in [3.63, 3.8) is 0 Å². The van der Waals surface area contributed by atoms with Gasteiger partial charge < -0.3 is 4.74 Å². The van der Waals surface area contributed by atoms with Crippen molar-refractivity contribution in [2.75, 3.05) is 0 Å². The van der Waals surface area contributed by atoms with Crippen molar-refractivity contribution < 1.29 is 4.74 Å². The maximum absolute atomic E-state index is 9.79. The molecular formula is C51H37N3O. The third kappa shape index (κ3) is 5.27. The number of benzene rings is 7.